The van der Waals surface area contributed by atoms with Crippen molar-refractivity contribution in [3.63, 3.8) is 0 Å². The molecule has 0 heterocycles. The van der Waals surface area contributed by atoms with Crippen LogP contribution < -0.4 is 9.47 Å². The Labute approximate surface area is 77.9 Å². The van der Waals surface area contributed by atoms with Crippen LogP contribution in [0.3, 0.4) is 0 Å². The first-order valence-electron chi connectivity index (χ1n) is 3.96. The quantitative estimate of drug-likeness (QED) is 0.772. The molecule has 0 amide bonds. The highest BCUT2D eigenvalue weighted by Crippen LogP contribution is 2.33. The third-order valence-electron chi connectivity index (χ3n) is 1.85. The predicted molar refractivity (Wildman–Crippen MR) is 50.3 cm³/mol. The van der Waals surface area contributed by atoms with Gasteiger partial charge in [-0.05, 0) is 25.0 Å². The maximum atomic E-state index is 9.42. The summed E-state index contributed by atoms with van der Waals surface area (Å²) in [6.07, 6.45) is 0.597. The van der Waals surface area contributed by atoms with Crippen molar-refractivity contribution in [2.75, 3.05) is 14.2 Å². The number of methoxy groups -OCH3 is 2. The fourth-order valence-corrected chi connectivity index (χ4v) is 1.14. The molecule has 3 heteroatoms. The maximum Gasteiger partial charge on any atom is 0.161 e. The topological polar surface area (TPSA) is 38.7 Å². The lowest BCUT2D eigenvalue weighted by molar-refractivity contribution is 0.364. The van der Waals surface area contributed by atoms with Gasteiger partial charge in [0.05, 0.1) is 14.2 Å². The van der Waals surface area contributed by atoms with Gasteiger partial charge in [-0.3, -0.25) is 0 Å². The normalized spacial score (nSPS) is 9.77. The van der Waals surface area contributed by atoms with E-state index in [0.717, 1.165) is 5.56 Å². The van der Waals surface area contributed by atoms with E-state index in [1.54, 1.807) is 13.2 Å². The van der Waals surface area contributed by atoms with E-state index in [4.69, 9.17) is 9.47 Å². The van der Waals surface area contributed by atoms with E-state index in [1.165, 1.54) is 13.2 Å². The van der Waals surface area contributed by atoms with Crippen molar-refractivity contribution in [2.24, 2.45) is 0 Å². The van der Waals surface area contributed by atoms with Gasteiger partial charge >= 0.3 is 0 Å². The molecule has 0 bridgehead atoms. The summed E-state index contributed by atoms with van der Waals surface area (Å²) in [5, 5.41) is 9.42. The van der Waals surface area contributed by atoms with Crippen LogP contribution in [0.2, 0.25) is 0 Å². The Hall–Kier alpha value is -1.38. The lowest BCUT2D eigenvalue weighted by atomic mass is 10.1. The number of rotatable bonds is 3. The van der Waals surface area contributed by atoms with E-state index in [-0.39, 0.29) is 5.75 Å². The van der Waals surface area contributed by atoms with Gasteiger partial charge in [-0.2, -0.15) is 0 Å². The summed E-state index contributed by atoms with van der Waals surface area (Å²) >= 11 is 0. The molecule has 0 unspecified atom stereocenters. The standard InChI is InChI=1S/C10H13O3/c1-4-7-5-10(13-3)8(11)6-9(7)12-2/h5-6,11H,1,4H2,2-3H3. The van der Waals surface area contributed by atoms with Crippen molar-refractivity contribution < 1.29 is 14.6 Å². The third-order valence-corrected chi connectivity index (χ3v) is 1.85. The smallest absolute Gasteiger partial charge is 0.161 e. The van der Waals surface area contributed by atoms with Crippen molar-refractivity contribution >= 4 is 0 Å². The molecule has 1 aromatic rings. The monoisotopic (exact) mass is 181 g/mol. The molecule has 13 heavy (non-hydrogen) atoms. The molecule has 0 aliphatic rings. The zero-order valence-corrected chi connectivity index (χ0v) is 7.83. The Balaban J connectivity index is 3.18. The Kier molecular flexibility index (Phi) is 3.01. The first kappa shape index (κ1) is 9.71. The summed E-state index contributed by atoms with van der Waals surface area (Å²) in [7, 11) is 3.06. The summed E-state index contributed by atoms with van der Waals surface area (Å²) in [6.45, 7) is 3.75. The van der Waals surface area contributed by atoms with Crippen LogP contribution in [0.1, 0.15) is 5.56 Å². The Morgan fingerprint density at radius 3 is 2.31 bits per heavy atom. The lowest BCUT2D eigenvalue weighted by Crippen LogP contribution is -1.92. The van der Waals surface area contributed by atoms with Gasteiger partial charge in [0.2, 0.25) is 0 Å². The molecule has 3 nitrogen and oxygen atoms in total. The second-order valence-electron chi connectivity index (χ2n) is 2.59. The maximum absolute atomic E-state index is 9.42. The van der Waals surface area contributed by atoms with Gasteiger partial charge in [-0.1, -0.05) is 0 Å². The van der Waals surface area contributed by atoms with Crippen LogP contribution in [0.5, 0.6) is 17.2 Å². The molecule has 1 rings (SSSR count). The number of phenols is 1. The highest BCUT2D eigenvalue weighted by molar-refractivity contribution is 5.50. The van der Waals surface area contributed by atoms with E-state index < -0.39 is 0 Å². The van der Waals surface area contributed by atoms with Gasteiger partial charge in [-0.15, -0.1) is 0 Å². The highest BCUT2D eigenvalue weighted by atomic mass is 16.5. The summed E-state index contributed by atoms with van der Waals surface area (Å²) in [4.78, 5) is 0. The molecule has 0 aliphatic carbocycles. The molecule has 1 N–H and O–H groups in total. The van der Waals surface area contributed by atoms with Crippen LogP contribution in [0.4, 0.5) is 0 Å². The SMILES string of the molecule is [CH2]Cc1cc(OC)c(O)cc1OC. The van der Waals surface area contributed by atoms with E-state index in [0.29, 0.717) is 17.9 Å². The first-order valence-corrected chi connectivity index (χ1v) is 3.96. The predicted octanol–water partition coefficient (Wildman–Crippen LogP) is 1.79. The van der Waals surface area contributed by atoms with Crippen LogP contribution in [-0.4, -0.2) is 19.3 Å². The lowest BCUT2D eigenvalue weighted by Gasteiger charge is -2.10. The minimum atomic E-state index is 0.0801. The second-order valence-corrected chi connectivity index (χ2v) is 2.59. The number of benzene rings is 1. The van der Waals surface area contributed by atoms with Crippen molar-refractivity contribution in [1.82, 2.24) is 0 Å². The molecule has 1 aromatic carbocycles. The molecule has 0 spiro atoms. The van der Waals surface area contributed by atoms with Crippen LogP contribution in [0, 0.1) is 6.92 Å². The number of phenolic OH excluding ortho intramolecular Hbond substituents is 1. The molecule has 0 atom stereocenters. The summed E-state index contributed by atoms with van der Waals surface area (Å²) in [5.41, 5.74) is 0.914. The summed E-state index contributed by atoms with van der Waals surface area (Å²) in [6, 6.07) is 3.25. The van der Waals surface area contributed by atoms with Crippen molar-refractivity contribution in [2.45, 2.75) is 6.42 Å². The molecule has 0 saturated heterocycles. The van der Waals surface area contributed by atoms with Crippen molar-refractivity contribution in [1.29, 1.82) is 0 Å². The van der Waals surface area contributed by atoms with Gasteiger partial charge in [0.1, 0.15) is 5.75 Å². The van der Waals surface area contributed by atoms with E-state index in [1.807, 2.05) is 0 Å². The van der Waals surface area contributed by atoms with Crippen molar-refractivity contribution in [3.05, 3.63) is 24.6 Å². The van der Waals surface area contributed by atoms with Crippen molar-refractivity contribution in [3.8, 4) is 17.2 Å². The molecule has 0 saturated carbocycles. The van der Waals surface area contributed by atoms with Crippen LogP contribution in [0.15, 0.2) is 12.1 Å². The molecular weight excluding hydrogens is 168 g/mol. The molecule has 71 valence electrons. The molecule has 0 aromatic heterocycles. The number of aromatic hydroxyl groups is 1. The average Bonchev–Trinajstić information content (AvgIpc) is 2.17. The number of hydrogen-bond donors (Lipinski definition) is 1. The molecular formula is C10H13O3. The highest BCUT2D eigenvalue weighted by Gasteiger charge is 2.08. The van der Waals surface area contributed by atoms with Gasteiger partial charge in [0.25, 0.3) is 0 Å². The first-order chi connectivity index (χ1) is 6.22. The number of ether oxygens (including phenoxy) is 2. The largest absolute Gasteiger partial charge is 0.504 e. The van der Waals surface area contributed by atoms with E-state index in [2.05, 4.69) is 6.92 Å². The molecule has 0 aliphatic heterocycles. The second kappa shape index (κ2) is 4.03. The van der Waals surface area contributed by atoms with Gasteiger partial charge in [0.15, 0.2) is 11.5 Å². The fourth-order valence-electron chi connectivity index (χ4n) is 1.14. The minimum absolute atomic E-state index is 0.0801. The average molecular weight is 181 g/mol. The van der Waals surface area contributed by atoms with Crippen LogP contribution >= 0.6 is 0 Å². The fraction of sp³-hybridized carbons (Fsp3) is 0.300. The Bertz CT molecular complexity index is 294. The summed E-state index contributed by atoms with van der Waals surface area (Å²) < 4.78 is 10.0. The molecule has 0 fully saturated rings. The minimum Gasteiger partial charge on any atom is -0.504 e. The zero-order valence-electron chi connectivity index (χ0n) is 7.83. The Morgan fingerprint density at radius 2 is 1.85 bits per heavy atom. The zero-order chi connectivity index (χ0) is 9.84. The van der Waals surface area contributed by atoms with Crippen LogP contribution in [-0.2, 0) is 6.42 Å². The van der Waals surface area contributed by atoms with Crippen LogP contribution in [0.25, 0.3) is 0 Å². The van der Waals surface area contributed by atoms with E-state index >= 15 is 0 Å². The van der Waals surface area contributed by atoms with Gasteiger partial charge in [0, 0.05) is 6.07 Å². The van der Waals surface area contributed by atoms with Gasteiger partial charge < -0.3 is 14.6 Å². The Morgan fingerprint density at radius 1 is 1.23 bits per heavy atom. The van der Waals surface area contributed by atoms with Gasteiger partial charge in [-0.25, -0.2) is 0 Å². The number of hydrogen-bond acceptors (Lipinski definition) is 3. The van der Waals surface area contributed by atoms with E-state index in [9.17, 15) is 5.11 Å². The summed E-state index contributed by atoms with van der Waals surface area (Å²) in [5.74, 6) is 1.16. The molecule has 1 radical (unpaired) electrons. The third kappa shape index (κ3) is 1.86.